The van der Waals surface area contributed by atoms with E-state index in [4.69, 9.17) is 0 Å². The first kappa shape index (κ1) is 8.26. The van der Waals surface area contributed by atoms with Crippen LogP contribution in [0.1, 0.15) is 12.8 Å². The highest BCUT2D eigenvalue weighted by Crippen LogP contribution is 2.14. The molecule has 1 saturated heterocycles. The van der Waals surface area contributed by atoms with Gasteiger partial charge in [0.05, 0.1) is 5.92 Å². The molecule has 3 nitrogen and oxygen atoms in total. The topological polar surface area (TPSA) is 38.3 Å². The minimum atomic E-state index is -0.0675. The summed E-state index contributed by atoms with van der Waals surface area (Å²) in [4.78, 5) is 10.9. The third-order valence-electron chi connectivity index (χ3n) is 1.75. The van der Waals surface area contributed by atoms with Crippen molar-refractivity contribution in [1.82, 2.24) is 5.32 Å². The van der Waals surface area contributed by atoms with Crippen molar-refractivity contribution in [2.75, 3.05) is 13.1 Å². The van der Waals surface area contributed by atoms with Gasteiger partial charge in [-0.25, -0.2) is 0 Å². The van der Waals surface area contributed by atoms with Gasteiger partial charge in [-0.3, -0.25) is 4.79 Å². The molecule has 1 rings (SSSR count). The molecular formula is C6H10INO2. The van der Waals surface area contributed by atoms with Gasteiger partial charge < -0.3 is 8.38 Å². The summed E-state index contributed by atoms with van der Waals surface area (Å²) in [6.45, 7) is 1.88. The molecule has 0 aromatic rings. The monoisotopic (exact) mass is 255 g/mol. The lowest BCUT2D eigenvalue weighted by Crippen LogP contribution is -2.31. The van der Waals surface area contributed by atoms with E-state index in [2.05, 4.69) is 8.38 Å². The normalized spacial score (nSPS) is 20.5. The quantitative estimate of drug-likeness (QED) is 0.707. The van der Waals surface area contributed by atoms with Crippen molar-refractivity contribution in [3.05, 3.63) is 0 Å². The van der Waals surface area contributed by atoms with Gasteiger partial charge in [-0.1, -0.05) is 0 Å². The summed E-state index contributed by atoms with van der Waals surface area (Å²) in [6, 6.07) is 0. The van der Waals surface area contributed by atoms with E-state index >= 15 is 0 Å². The molecule has 1 heterocycles. The second-order valence-electron chi connectivity index (χ2n) is 2.42. The number of carbonyl (C=O) groups is 1. The molecule has 0 aromatic carbocycles. The molecule has 0 saturated carbocycles. The molecule has 4 heteroatoms. The number of piperidine rings is 1. The van der Waals surface area contributed by atoms with Crippen LogP contribution in [0.5, 0.6) is 0 Å². The first-order valence-electron chi connectivity index (χ1n) is 3.37. The maximum atomic E-state index is 10.9. The Morgan fingerprint density at radius 2 is 2.10 bits per heavy atom. The Hall–Kier alpha value is 0.160. The van der Waals surface area contributed by atoms with Crippen LogP contribution in [0.4, 0.5) is 0 Å². The molecule has 10 heavy (non-hydrogen) atoms. The summed E-state index contributed by atoms with van der Waals surface area (Å²) < 4.78 is 4.59. The predicted molar refractivity (Wildman–Crippen MR) is 45.7 cm³/mol. The zero-order valence-electron chi connectivity index (χ0n) is 5.60. The van der Waals surface area contributed by atoms with E-state index in [1.807, 2.05) is 0 Å². The number of hydrogen-bond acceptors (Lipinski definition) is 3. The van der Waals surface area contributed by atoms with Crippen LogP contribution in [0, 0.1) is 5.92 Å². The smallest absolute Gasteiger partial charge is 0.318 e. The third kappa shape index (κ3) is 2.09. The van der Waals surface area contributed by atoms with E-state index < -0.39 is 0 Å². The lowest BCUT2D eigenvalue weighted by atomic mass is 9.99. The fourth-order valence-corrected chi connectivity index (χ4v) is 1.48. The van der Waals surface area contributed by atoms with E-state index in [9.17, 15) is 4.79 Å². The Balaban J connectivity index is 2.31. The maximum Gasteiger partial charge on any atom is 0.318 e. The van der Waals surface area contributed by atoms with E-state index in [0.717, 1.165) is 25.9 Å². The van der Waals surface area contributed by atoms with Crippen molar-refractivity contribution >= 4 is 29.0 Å². The lowest BCUT2D eigenvalue weighted by molar-refractivity contribution is -0.136. The van der Waals surface area contributed by atoms with Gasteiger partial charge in [0, 0.05) is 0 Å². The van der Waals surface area contributed by atoms with E-state index in [1.54, 1.807) is 23.0 Å². The van der Waals surface area contributed by atoms with Crippen LogP contribution in [0.25, 0.3) is 0 Å². The first-order valence-corrected chi connectivity index (χ1v) is 4.26. The molecule has 1 aliphatic rings. The van der Waals surface area contributed by atoms with Gasteiger partial charge in [0.1, 0.15) is 0 Å². The Bertz CT molecular complexity index is 123. The molecule has 1 N–H and O–H groups in total. The largest absolute Gasteiger partial charge is 0.394 e. The highest BCUT2D eigenvalue weighted by Gasteiger charge is 2.21. The molecule has 0 aromatic heterocycles. The van der Waals surface area contributed by atoms with Crippen LogP contribution < -0.4 is 5.32 Å². The van der Waals surface area contributed by atoms with Gasteiger partial charge in [0.2, 0.25) is 0 Å². The summed E-state index contributed by atoms with van der Waals surface area (Å²) in [5.41, 5.74) is 0. The summed E-state index contributed by atoms with van der Waals surface area (Å²) >= 11 is 1.65. The molecule has 58 valence electrons. The van der Waals surface area contributed by atoms with Crippen molar-refractivity contribution in [2.24, 2.45) is 5.92 Å². The predicted octanol–water partition coefficient (Wildman–Crippen LogP) is 0.879. The fraction of sp³-hybridized carbons (Fsp3) is 0.833. The van der Waals surface area contributed by atoms with Gasteiger partial charge >= 0.3 is 5.97 Å². The second-order valence-corrected chi connectivity index (χ2v) is 2.86. The van der Waals surface area contributed by atoms with Crippen molar-refractivity contribution in [3.8, 4) is 0 Å². The van der Waals surface area contributed by atoms with Crippen LogP contribution in [0.2, 0.25) is 0 Å². The Morgan fingerprint density at radius 3 is 2.60 bits per heavy atom. The average Bonchev–Trinajstić information content (AvgIpc) is 2.05. The molecule has 0 bridgehead atoms. The van der Waals surface area contributed by atoms with Gasteiger partial charge in [-0.15, -0.1) is 0 Å². The third-order valence-corrected chi connectivity index (χ3v) is 2.18. The lowest BCUT2D eigenvalue weighted by Gasteiger charge is -2.19. The minimum absolute atomic E-state index is 0.0675. The van der Waals surface area contributed by atoms with Gasteiger partial charge in [-0.05, 0) is 25.9 Å². The van der Waals surface area contributed by atoms with Crippen molar-refractivity contribution in [3.63, 3.8) is 0 Å². The standard InChI is InChI=1S/C6H10INO2/c7-10-6(9)5-1-3-8-4-2-5/h5,8H,1-4H2. The molecule has 0 unspecified atom stereocenters. The van der Waals surface area contributed by atoms with Crippen LogP contribution in [0.3, 0.4) is 0 Å². The van der Waals surface area contributed by atoms with Gasteiger partial charge in [0.25, 0.3) is 0 Å². The van der Waals surface area contributed by atoms with Crippen LogP contribution >= 0.6 is 23.0 Å². The van der Waals surface area contributed by atoms with Crippen LogP contribution in [-0.4, -0.2) is 19.1 Å². The van der Waals surface area contributed by atoms with Crippen molar-refractivity contribution in [2.45, 2.75) is 12.8 Å². The van der Waals surface area contributed by atoms with Crippen molar-refractivity contribution in [1.29, 1.82) is 0 Å². The van der Waals surface area contributed by atoms with E-state index in [-0.39, 0.29) is 11.9 Å². The highest BCUT2D eigenvalue weighted by molar-refractivity contribution is 14.1. The number of rotatable bonds is 1. The van der Waals surface area contributed by atoms with Crippen LogP contribution in [-0.2, 0) is 7.86 Å². The number of nitrogens with one attached hydrogen (secondary N) is 1. The number of carbonyl (C=O) groups excluding carboxylic acids is 1. The molecule has 0 amide bonds. The van der Waals surface area contributed by atoms with E-state index in [0.29, 0.717) is 0 Å². The van der Waals surface area contributed by atoms with Gasteiger partial charge in [0.15, 0.2) is 23.0 Å². The summed E-state index contributed by atoms with van der Waals surface area (Å²) in [5, 5.41) is 3.18. The zero-order valence-corrected chi connectivity index (χ0v) is 7.76. The molecular weight excluding hydrogens is 245 g/mol. The maximum absolute atomic E-state index is 10.9. The summed E-state index contributed by atoms with van der Waals surface area (Å²) in [7, 11) is 0. The minimum Gasteiger partial charge on any atom is -0.394 e. The second kappa shape index (κ2) is 4.12. The Morgan fingerprint density at radius 1 is 1.50 bits per heavy atom. The molecule has 1 fully saturated rings. The number of halogens is 1. The SMILES string of the molecule is O=C(OI)C1CCNCC1. The number of hydrogen-bond donors (Lipinski definition) is 1. The van der Waals surface area contributed by atoms with Crippen molar-refractivity contribution < 1.29 is 7.86 Å². The molecule has 0 atom stereocenters. The molecule has 0 spiro atoms. The Kier molecular flexibility index (Phi) is 3.41. The summed E-state index contributed by atoms with van der Waals surface area (Å²) in [6.07, 6.45) is 1.84. The highest BCUT2D eigenvalue weighted by atomic mass is 127. The zero-order chi connectivity index (χ0) is 7.40. The fourth-order valence-electron chi connectivity index (χ4n) is 1.12. The molecule has 0 aliphatic carbocycles. The molecule has 0 radical (unpaired) electrons. The Labute approximate surface area is 74.2 Å². The van der Waals surface area contributed by atoms with Crippen LogP contribution in [0.15, 0.2) is 0 Å². The molecule has 1 aliphatic heterocycles. The van der Waals surface area contributed by atoms with E-state index in [1.165, 1.54) is 0 Å². The average molecular weight is 255 g/mol. The summed E-state index contributed by atoms with van der Waals surface area (Å²) in [5.74, 6) is 0.0697. The van der Waals surface area contributed by atoms with Gasteiger partial charge in [-0.2, -0.15) is 0 Å². The first-order chi connectivity index (χ1) is 4.84.